The van der Waals surface area contributed by atoms with Gasteiger partial charge in [0.1, 0.15) is 6.04 Å². The van der Waals surface area contributed by atoms with E-state index in [0.717, 1.165) is 37.7 Å². The summed E-state index contributed by atoms with van der Waals surface area (Å²) in [5.74, 6) is 0.339. The van der Waals surface area contributed by atoms with Gasteiger partial charge in [0.05, 0.1) is 10.9 Å². The fourth-order valence-electron chi connectivity index (χ4n) is 7.67. The first kappa shape index (κ1) is 30.0. The number of nitrogens with one attached hydrogen (secondary N) is 2. The van der Waals surface area contributed by atoms with Gasteiger partial charge >= 0.3 is 6.03 Å². The van der Waals surface area contributed by atoms with Crippen LogP contribution in [-0.2, 0) is 26.2 Å². The first-order valence-corrected chi connectivity index (χ1v) is 16.5. The normalized spacial score (nSPS) is 28.3. The van der Waals surface area contributed by atoms with Crippen LogP contribution in [0, 0.1) is 28.6 Å². The molecule has 3 fully saturated rings. The average molecular weight is 587 g/mol. The lowest BCUT2D eigenvalue weighted by Gasteiger charge is -2.38. The standard InChI is InChI=1S/C31H46N4O5S/c1-19(36)26-25-22(31(25,5)6)17-35(26)28(37)27(30(2,3)4)33-29(38)32-23(20-12-8-7-9-13-20)18-34-16-21-14-10-11-15-24(21)41(34,39)40/h10-11,14-15,20,22-23,25-27H,7-9,12-13,16-18H2,1-6H3,(H2,32,33,38)/t22-,23?,25?,26+,27+/m0/s1. The number of likely N-dealkylation sites (tertiary alicyclic amines) is 1. The number of urea groups is 1. The van der Waals surface area contributed by atoms with E-state index in [4.69, 9.17) is 0 Å². The van der Waals surface area contributed by atoms with Gasteiger partial charge in [-0.05, 0) is 60.0 Å². The van der Waals surface area contributed by atoms with Crippen molar-refractivity contribution in [2.45, 2.75) is 103 Å². The quantitative estimate of drug-likeness (QED) is 0.503. The maximum absolute atomic E-state index is 13.9. The highest BCUT2D eigenvalue weighted by Crippen LogP contribution is 2.65. The van der Waals surface area contributed by atoms with Gasteiger partial charge in [-0.2, -0.15) is 4.31 Å². The zero-order valence-corrected chi connectivity index (χ0v) is 26.1. The minimum atomic E-state index is -3.64. The number of rotatable bonds is 7. The molecule has 2 saturated carbocycles. The fraction of sp³-hybridized carbons (Fsp3) is 0.710. The zero-order chi connectivity index (χ0) is 29.9. The Kier molecular flexibility index (Phi) is 7.81. The van der Waals surface area contributed by atoms with Gasteiger partial charge in [-0.15, -0.1) is 0 Å². The number of carbonyl (C=O) groups excluding carboxylic acids is 3. The number of sulfonamides is 1. The topological polar surface area (TPSA) is 116 Å². The third-order valence-electron chi connectivity index (χ3n) is 10.2. The van der Waals surface area contributed by atoms with Crippen molar-refractivity contribution in [2.24, 2.45) is 28.6 Å². The second-order valence-corrected chi connectivity index (χ2v) is 16.2. The number of hydrogen-bond acceptors (Lipinski definition) is 5. The van der Waals surface area contributed by atoms with E-state index in [9.17, 15) is 22.8 Å². The van der Waals surface area contributed by atoms with Crippen LogP contribution >= 0.6 is 0 Å². The summed E-state index contributed by atoms with van der Waals surface area (Å²) in [6.07, 6.45) is 5.05. The van der Waals surface area contributed by atoms with Crippen molar-refractivity contribution in [3.8, 4) is 0 Å². The van der Waals surface area contributed by atoms with Crippen LogP contribution in [0.3, 0.4) is 0 Å². The molecular weight excluding hydrogens is 540 g/mol. The zero-order valence-electron chi connectivity index (χ0n) is 25.3. The molecule has 5 rings (SSSR count). The first-order chi connectivity index (χ1) is 19.1. The molecular formula is C31H46N4O5S. The molecule has 3 amide bonds. The number of ketones is 1. The Balaban J connectivity index is 1.32. The van der Waals surface area contributed by atoms with Crippen molar-refractivity contribution >= 4 is 27.7 Å². The van der Waals surface area contributed by atoms with Crippen molar-refractivity contribution in [3.05, 3.63) is 29.8 Å². The summed E-state index contributed by atoms with van der Waals surface area (Å²) in [7, 11) is -3.64. The monoisotopic (exact) mass is 586 g/mol. The van der Waals surface area contributed by atoms with Crippen molar-refractivity contribution < 1.29 is 22.8 Å². The number of nitrogens with zero attached hydrogens (tertiary/aromatic N) is 2. The maximum atomic E-state index is 13.9. The van der Waals surface area contributed by atoms with Crippen molar-refractivity contribution in [1.29, 1.82) is 0 Å². The molecule has 2 aliphatic carbocycles. The molecule has 1 aromatic rings. The molecule has 0 spiro atoms. The highest BCUT2D eigenvalue weighted by molar-refractivity contribution is 7.89. The predicted molar refractivity (Wildman–Crippen MR) is 156 cm³/mol. The molecule has 2 N–H and O–H groups in total. The van der Waals surface area contributed by atoms with Crippen LogP contribution in [0.4, 0.5) is 4.79 Å². The van der Waals surface area contributed by atoms with E-state index in [1.807, 2.05) is 32.9 Å². The summed E-state index contributed by atoms with van der Waals surface area (Å²) < 4.78 is 28.1. The molecule has 10 heteroatoms. The Morgan fingerprint density at radius 3 is 2.32 bits per heavy atom. The highest BCUT2D eigenvalue weighted by Gasteiger charge is 2.69. The van der Waals surface area contributed by atoms with E-state index in [2.05, 4.69) is 24.5 Å². The molecule has 9 nitrogen and oxygen atoms in total. The number of benzene rings is 1. The van der Waals surface area contributed by atoms with Crippen LogP contribution in [0.1, 0.15) is 79.2 Å². The Morgan fingerprint density at radius 1 is 1.05 bits per heavy atom. The number of piperidine rings is 1. The molecule has 0 bridgehead atoms. The number of hydrogen-bond donors (Lipinski definition) is 2. The summed E-state index contributed by atoms with van der Waals surface area (Å²) in [4.78, 5) is 42.2. The summed E-state index contributed by atoms with van der Waals surface area (Å²) in [6.45, 7) is 12.6. The molecule has 2 unspecified atom stereocenters. The molecule has 1 aromatic carbocycles. The molecule has 0 aromatic heterocycles. The van der Waals surface area contributed by atoms with Gasteiger partial charge in [-0.25, -0.2) is 13.2 Å². The summed E-state index contributed by atoms with van der Waals surface area (Å²) in [5.41, 5.74) is 0.209. The fourth-order valence-corrected chi connectivity index (χ4v) is 9.33. The molecule has 5 atom stereocenters. The van der Waals surface area contributed by atoms with Crippen LogP contribution in [-0.4, -0.2) is 66.6 Å². The maximum Gasteiger partial charge on any atom is 0.315 e. The molecule has 2 aliphatic heterocycles. The minimum absolute atomic E-state index is 0.0151. The Morgan fingerprint density at radius 2 is 1.71 bits per heavy atom. The summed E-state index contributed by atoms with van der Waals surface area (Å²) in [6, 6.07) is 4.87. The van der Waals surface area contributed by atoms with Gasteiger partial charge in [0.25, 0.3) is 0 Å². The molecule has 41 heavy (non-hydrogen) atoms. The van der Waals surface area contributed by atoms with E-state index in [0.29, 0.717) is 11.4 Å². The van der Waals surface area contributed by atoms with E-state index in [1.165, 1.54) is 4.31 Å². The lowest BCUT2D eigenvalue weighted by Crippen LogP contribution is -2.61. The van der Waals surface area contributed by atoms with E-state index < -0.39 is 33.6 Å². The van der Waals surface area contributed by atoms with Crippen LogP contribution in [0.15, 0.2) is 29.2 Å². The second-order valence-electron chi connectivity index (χ2n) is 14.3. The van der Waals surface area contributed by atoms with Gasteiger partial charge in [-0.3, -0.25) is 9.59 Å². The van der Waals surface area contributed by atoms with Crippen LogP contribution in [0.5, 0.6) is 0 Å². The first-order valence-electron chi connectivity index (χ1n) is 15.1. The Hall–Kier alpha value is -2.46. The van der Waals surface area contributed by atoms with E-state index in [-0.39, 0.29) is 54.0 Å². The average Bonchev–Trinajstić information content (AvgIpc) is 3.19. The number of fused-ring (bicyclic) bond motifs is 2. The van der Waals surface area contributed by atoms with Gasteiger partial charge in [-0.1, -0.05) is 72.1 Å². The van der Waals surface area contributed by atoms with E-state index >= 15 is 0 Å². The van der Waals surface area contributed by atoms with Gasteiger partial charge in [0.15, 0.2) is 5.78 Å². The second kappa shape index (κ2) is 10.7. The smallest absolute Gasteiger partial charge is 0.315 e. The minimum Gasteiger partial charge on any atom is -0.334 e. The van der Waals surface area contributed by atoms with Gasteiger partial charge in [0, 0.05) is 25.7 Å². The molecule has 1 saturated heterocycles. The number of Topliss-reactive ketones (excluding diaryl/α,β-unsaturated/α-hetero) is 1. The molecule has 4 aliphatic rings. The molecule has 226 valence electrons. The van der Waals surface area contributed by atoms with Crippen LogP contribution in [0.2, 0.25) is 0 Å². The third-order valence-corrected chi connectivity index (χ3v) is 12.1. The van der Waals surface area contributed by atoms with Crippen molar-refractivity contribution in [1.82, 2.24) is 19.8 Å². The van der Waals surface area contributed by atoms with Gasteiger partial charge < -0.3 is 15.5 Å². The van der Waals surface area contributed by atoms with Crippen molar-refractivity contribution in [3.63, 3.8) is 0 Å². The Labute approximate surface area is 244 Å². The van der Waals surface area contributed by atoms with Crippen molar-refractivity contribution in [2.75, 3.05) is 13.1 Å². The Bertz CT molecular complexity index is 1310. The lowest BCUT2D eigenvalue weighted by molar-refractivity contribution is -0.142. The molecule has 0 radical (unpaired) electrons. The lowest BCUT2D eigenvalue weighted by atomic mass is 9.83. The summed E-state index contributed by atoms with van der Waals surface area (Å²) >= 11 is 0. The SMILES string of the molecule is CC(=O)[C@@H]1C2[C@H](CN1C(=O)[C@@H](NC(=O)NC(CN1Cc3ccccc3S1(=O)=O)C1CCCCC1)C(C)(C)C)C2(C)C. The predicted octanol–water partition coefficient (Wildman–Crippen LogP) is 3.93. The highest BCUT2D eigenvalue weighted by atomic mass is 32.2. The number of carbonyl (C=O) groups is 3. The third kappa shape index (κ3) is 5.54. The molecule has 2 heterocycles. The largest absolute Gasteiger partial charge is 0.334 e. The van der Waals surface area contributed by atoms with Gasteiger partial charge in [0.2, 0.25) is 15.9 Å². The van der Waals surface area contributed by atoms with Crippen LogP contribution < -0.4 is 10.6 Å². The van der Waals surface area contributed by atoms with Crippen LogP contribution in [0.25, 0.3) is 0 Å². The summed E-state index contributed by atoms with van der Waals surface area (Å²) in [5, 5.41) is 6.05. The number of amides is 3. The van der Waals surface area contributed by atoms with E-state index in [1.54, 1.807) is 24.0 Å².